The van der Waals surface area contributed by atoms with Crippen LogP contribution in [0.4, 0.5) is 0 Å². The van der Waals surface area contributed by atoms with E-state index in [4.69, 9.17) is 0 Å². The third-order valence-electron chi connectivity index (χ3n) is 5.88. The summed E-state index contributed by atoms with van der Waals surface area (Å²) in [7, 11) is 0. The topological polar surface area (TPSA) is 0 Å². The molecule has 0 N–H and O–H groups in total. The third kappa shape index (κ3) is 1.42. The first kappa shape index (κ1) is 11.9. The molecule has 0 nitrogen and oxygen atoms in total. The molecule has 0 aromatic heterocycles. The highest BCUT2D eigenvalue weighted by Crippen LogP contribution is 2.56. The first-order valence-corrected chi connectivity index (χ1v) is 8.43. The molecule has 0 heterocycles. The Bertz CT molecular complexity index is 983. The Labute approximate surface area is 136 Å². The van der Waals surface area contributed by atoms with Crippen LogP contribution in [-0.4, -0.2) is 0 Å². The standard InChI is InChI=1S/C23H16/c1-2-7-18-16(4-1)12-21-19-11-10-15-6-3-5-14-8-9-17(13-20(18)21)23(19)22(14)15/h1-12,20,22H,13H2. The fraction of sp³-hybridized carbons (Fsp3) is 0.130. The van der Waals surface area contributed by atoms with Gasteiger partial charge in [0.25, 0.3) is 0 Å². The highest BCUT2D eigenvalue weighted by Gasteiger charge is 2.40. The maximum absolute atomic E-state index is 2.43. The van der Waals surface area contributed by atoms with Crippen LogP contribution in [0, 0.1) is 5.92 Å². The minimum absolute atomic E-state index is 0.463. The quantitative estimate of drug-likeness (QED) is 0.599. The molecule has 0 fully saturated rings. The Balaban J connectivity index is 1.63. The van der Waals surface area contributed by atoms with Crippen molar-refractivity contribution in [2.75, 3.05) is 0 Å². The summed E-state index contributed by atoms with van der Waals surface area (Å²) in [5.41, 5.74) is 11.9. The zero-order valence-corrected chi connectivity index (χ0v) is 12.8. The van der Waals surface area contributed by atoms with E-state index in [0.717, 1.165) is 6.42 Å². The lowest BCUT2D eigenvalue weighted by molar-refractivity contribution is 0.724. The van der Waals surface area contributed by atoms with Crippen LogP contribution in [0.25, 0.3) is 6.08 Å². The fourth-order valence-corrected chi connectivity index (χ4v) is 4.89. The fourth-order valence-electron chi connectivity index (χ4n) is 4.89. The zero-order chi connectivity index (χ0) is 15.0. The van der Waals surface area contributed by atoms with Crippen LogP contribution in [0.5, 0.6) is 0 Å². The zero-order valence-electron chi connectivity index (χ0n) is 12.8. The summed E-state index contributed by atoms with van der Waals surface area (Å²) in [5.74, 6) is 1.01. The van der Waals surface area contributed by atoms with Crippen molar-refractivity contribution in [1.29, 1.82) is 0 Å². The lowest BCUT2D eigenvalue weighted by Gasteiger charge is -2.39. The van der Waals surface area contributed by atoms with Crippen LogP contribution < -0.4 is 0 Å². The molecule has 6 rings (SSSR count). The molecule has 1 aromatic carbocycles. The van der Waals surface area contributed by atoms with Crippen LogP contribution in [0.3, 0.4) is 0 Å². The van der Waals surface area contributed by atoms with Crippen molar-refractivity contribution >= 4 is 6.08 Å². The number of allylic oxidation sites excluding steroid dienone is 13. The molecule has 5 aliphatic carbocycles. The van der Waals surface area contributed by atoms with E-state index < -0.39 is 0 Å². The maximum Gasteiger partial charge on any atom is 0.0348 e. The highest BCUT2D eigenvalue weighted by atomic mass is 14.4. The average molecular weight is 292 g/mol. The minimum atomic E-state index is 0.463. The van der Waals surface area contributed by atoms with Crippen LogP contribution >= 0.6 is 0 Å². The van der Waals surface area contributed by atoms with Gasteiger partial charge in [-0.1, -0.05) is 72.9 Å². The van der Waals surface area contributed by atoms with Crippen molar-refractivity contribution in [2.45, 2.75) is 12.3 Å². The summed E-state index contributed by atoms with van der Waals surface area (Å²) >= 11 is 0. The van der Waals surface area contributed by atoms with Gasteiger partial charge in [-0.3, -0.25) is 0 Å². The highest BCUT2D eigenvalue weighted by molar-refractivity contribution is 5.79. The normalized spacial score (nSPS) is 28.3. The summed E-state index contributed by atoms with van der Waals surface area (Å²) in [5, 5.41) is 0. The van der Waals surface area contributed by atoms with E-state index in [-0.39, 0.29) is 0 Å². The Morgan fingerprint density at radius 2 is 1.78 bits per heavy atom. The SMILES string of the molecule is C1=CC2=CC=C3CC4C(=Cc5ccccc54)C4=C3C2C(=C1)C=C4. The Kier molecular flexibility index (Phi) is 2.08. The number of fused-ring (bicyclic) bond motifs is 4. The van der Waals surface area contributed by atoms with Crippen LogP contribution in [-0.2, 0) is 0 Å². The van der Waals surface area contributed by atoms with E-state index in [1.165, 1.54) is 39.0 Å². The minimum Gasteiger partial charge on any atom is -0.0619 e. The molecule has 0 amide bonds. The van der Waals surface area contributed by atoms with Crippen LogP contribution in [0.15, 0.2) is 100 Å². The van der Waals surface area contributed by atoms with Gasteiger partial charge in [-0.25, -0.2) is 0 Å². The van der Waals surface area contributed by atoms with E-state index in [9.17, 15) is 0 Å². The first-order chi connectivity index (χ1) is 11.4. The van der Waals surface area contributed by atoms with Gasteiger partial charge in [0, 0.05) is 11.8 Å². The van der Waals surface area contributed by atoms with E-state index >= 15 is 0 Å². The molecule has 0 saturated carbocycles. The molecule has 5 aliphatic rings. The Hall–Kier alpha value is -2.60. The molecular weight excluding hydrogens is 276 g/mol. The lowest BCUT2D eigenvalue weighted by atomic mass is 9.64. The van der Waals surface area contributed by atoms with Crippen molar-refractivity contribution in [3.05, 3.63) is 111 Å². The molecule has 1 aromatic rings. The molecule has 0 saturated heterocycles. The van der Waals surface area contributed by atoms with Gasteiger partial charge < -0.3 is 0 Å². The van der Waals surface area contributed by atoms with E-state index in [0.29, 0.717) is 11.8 Å². The van der Waals surface area contributed by atoms with E-state index in [1.807, 2.05) is 0 Å². The molecule has 0 spiro atoms. The summed E-state index contributed by atoms with van der Waals surface area (Å²) in [6.45, 7) is 0. The first-order valence-electron chi connectivity index (χ1n) is 8.43. The predicted octanol–water partition coefficient (Wildman–Crippen LogP) is 5.42. The number of hydrogen-bond acceptors (Lipinski definition) is 0. The van der Waals surface area contributed by atoms with Gasteiger partial charge in [0.2, 0.25) is 0 Å². The molecule has 108 valence electrons. The second-order valence-electron chi connectivity index (χ2n) is 6.96. The van der Waals surface area contributed by atoms with Gasteiger partial charge in [-0.15, -0.1) is 0 Å². The van der Waals surface area contributed by atoms with Crippen molar-refractivity contribution in [3.8, 4) is 0 Å². The van der Waals surface area contributed by atoms with Crippen molar-refractivity contribution in [1.82, 2.24) is 0 Å². The smallest absolute Gasteiger partial charge is 0.0348 e. The molecule has 0 bridgehead atoms. The van der Waals surface area contributed by atoms with Gasteiger partial charge in [0.1, 0.15) is 0 Å². The molecule has 2 atom stereocenters. The Morgan fingerprint density at radius 3 is 2.78 bits per heavy atom. The summed E-state index contributed by atoms with van der Waals surface area (Å²) in [4.78, 5) is 0. The van der Waals surface area contributed by atoms with Gasteiger partial charge in [0.15, 0.2) is 0 Å². The molecule has 0 aliphatic heterocycles. The average Bonchev–Trinajstić information content (AvgIpc) is 2.98. The van der Waals surface area contributed by atoms with Crippen molar-refractivity contribution < 1.29 is 0 Å². The molecule has 0 radical (unpaired) electrons. The van der Waals surface area contributed by atoms with E-state index in [2.05, 4.69) is 72.9 Å². The third-order valence-corrected chi connectivity index (χ3v) is 5.88. The second kappa shape index (κ2) is 4.02. The largest absolute Gasteiger partial charge is 0.0619 e. The maximum atomic E-state index is 2.43. The number of rotatable bonds is 0. The predicted molar refractivity (Wildman–Crippen MR) is 94.8 cm³/mol. The summed E-state index contributed by atoms with van der Waals surface area (Å²) in [6, 6.07) is 8.90. The van der Waals surface area contributed by atoms with Crippen molar-refractivity contribution in [3.63, 3.8) is 0 Å². The monoisotopic (exact) mass is 292 g/mol. The summed E-state index contributed by atoms with van der Waals surface area (Å²) in [6.07, 6.45) is 19.7. The van der Waals surface area contributed by atoms with Gasteiger partial charge >= 0.3 is 0 Å². The summed E-state index contributed by atoms with van der Waals surface area (Å²) < 4.78 is 0. The molecular formula is C23H16. The second-order valence-corrected chi connectivity index (χ2v) is 6.96. The van der Waals surface area contributed by atoms with Crippen LogP contribution in [0.2, 0.25) is 0 Å². The number of benzene rings is 1. The van der Waals surface area contributed by atoms with Gasteiger partial charge in [-0.2, -0.15) is 0 Å². The van der Waals surface area contributed by atoms with Crippen LogP contribution in [0.1, 0.15) is 23.5 Å². The Morgan fingerprint density at radius 1 is 0.870 bits per heavy atom. The molecule has 23 heavy (non-hydrogen) atoms. The number of hydrogen-bond donors (Lipinski definition) is 0. The molecule has 0 heteroatoms. The van der Waals surface area contributed by atoms with Gasteiger partial charge in [0.05, 0.1) is 0 Å². The van der Waals surface area contributed by atoms with Crippen molar-refractivity contribution in [2.24, 2.45) is 5.92 Å². The lowest BCUT2D eigenvalue weighted by Crippen LogP contribution is -2.24. The molecule has 2 unspecified atom stereocenters. The van der Waals surface area contributed by atoms with Gasteiger partial charge in [-0.05, 0) is 51.0 Å². The van der Waals surface area contributed by atoms with E-state index in [1.54, 1.807) is 5.57 Å².